The van der Waals surface area contributed by atoms with E-state index in [1.807, 2.05) is 40.9 Å². The number of rotatable bonds is 4. The van der Waals surface area contributed by atoms with Crippen LogP contribution in [0.15, 0.2) is 73.4 Å². The number of fused-ring (bicyclic) bond motifs is 1. The number of imidazole rings is 1. The Morgan fingerprint density at radius 2 is 1.92 bits per heavy atom. The average Bonchev–Trinajstić information content (AvgIpc) is 3.02. The quantitative estimate of drug-likeness (QED) is 0.564. The van der Waals surface area contributed by atoms with E-state index in [2.05, 4.69) is 20.3 Å². The molecule has 0 spiro atoms. The number of hydrogen-bond acceptors (Lipinski definition) is 3. The van der Waals surface area contributed by atoms with Crippen molar-refractivity contribution in [3.63, 3.8) is 0 Å². The molecule has 0 aliphatic carbocycles. The molecule has 1 amide bonds. The fourth-order valence-corrected chi connectivity index (χ4v) is 2.78. The summed E-state index contributed by atoms with van der Waals surface area (Å²) in [6.45, 7) is 0. The van der Waals surface area contributed by atoms with Crippen molar-refractivity contribution in [1.82, 2.24) is 15.0 Å². The van der Waals surface area contributed by atoms with Crippen molar-refractivity contribution in [2.75, 3.05) is 5.32 Å². The van der Waals surface area contributed by atoms with Gasteiger partial charge in [-0.05, 0) is 42.0 Å². The summed E-state index contributed by atoms with van der Waals surface area (Å²) in [4.78, 5) is 24.0. The highest BCUT2D eigenvalue weighted by atomic mass is 16.1. The van der Waals surface area contributed by atoms with Crippen LogP contribution in [0.1, 0.15) is 21.9 Å². The normalized spacial score (nSPS) is 10.7. The molecule has 6 heteroatoms. The van der Waals surface area contributed by atoms with Gasteiger partial charge in [-0.2, -0.15) is 4.40 Å². The maximum atomic E-state index is 12.7. The first kappa shape index (κ1) is 15.0. The van der Waals surface area contributed by atoms with Gasteiger partial charge in [-0.1, -0.05) is 6.07 Å². The number of aromatic amines is 1. The molecular formula is C19H16N5O+. The largest absolute Gasteiger partial charge is 0.317 e. The van der Waals surface area contributed by atoms with Gasteiger partial charge in [0.1, 0.15) is 0 Å². The van der Waals surface area contributed by atoms with Crippen molar-refractivity contribution in [3.05, 3.63) is 90.5 Å². The smallest absolute Gasteiger partial charge is 0.300 e. The highest BCUT2D eigenvalue weighted by Gasteiger charge is 2.23. The SMILES string of the molecule is O=C(Nc1cccnc1)c1[nH]c(Cc2ccncc2)[n+]2ccccc12. The summed E-state index contributed by atoms with van der Waals surface area (Å²) in [6.07, 6.45) is 9.44. The molecule has 2 N–H and O–H groups in total. The number of amides is 1. The Morgan fingerprint density at radius 3 is 2.72 bits per heavy atom. The lowest BCUT2D eigenvalue weighted by atomic mass is 10.2. The van der Waals surface area contributed by atoms with E-state index in [1.165, 1.54) is 0 Å². The fourth-order valence-electron chi connectivity index (χ4n) is 2.78. The molecule has 4 aromatic heterocycles. The fraction of sp³-hybridized carbons (Fsp3) is 0.0526. The molecule has 25 heavy (non-hydrogen) atoms. The van der Waals surface area contributed by atoms with E-state index in [4.69, 9.17) is 0 Å². The van der Waals surface area contributed by atoms with Crippen LogP contribution in [0.25, 0.3) is 5.52 Å². The first-order chi connectivity index (χ1) is 12.3. The maximum Gasteiger partial charge on any atom is 0.300 e. The van der Waals surface area contributed by atoms with Crippen LogP contribution in [0.5, 0.6) is 0 Å². The standard InChI is InChI=1S/C19H15N5O/c25-19(22-15-4-3-8-21-13-15)18-16-5-1-2-11-24(16)17(23-18)12-14-6-9-20-10-7-14/h1-11,13H,12H2,(H,22,25)/p+1. The van der Waals surface area contributed by atoms with Gasteiger partial charge in [-0.15, -0.1) is 0 Å². The van der Waals surface area contributed by atoms with Gasteiger partial charge in [-0.25, -0.2) is 4.98 Å². The molecule has 0 aliphatic rings. The van der Waals surface area contributed by atoms with Crippen LogP contribution in [0.3, 0.4) is 0 Å². The minimum atomic E-state index is -0.197. The third kappa shape index (κ3) is 3.10. The van der Waals surface area contributed by atoms with Crippen LogP contribution in [-0.4, -0.2) is 20.9 Å². The van der Waals surface area contributed by atoms with E-state index in [1.54, 1.807) is 36.9 Å². The van der Waals surface area contributed by atoms with Gasteiger partial charge in [0.05, 0.1) is 24.5 Å². The number of carbonyl (C=O) groups is 1. The monoisotopic (exact) mass is 330 g/mol. The van der Waals surface area contributed by atoms with Crippen LogP contribution in [0.2, 0.25) is 0 Å². The lowest BCUT2D eigenvalue weighted by Crippen LogP contribution is -2.24. The van der Waals surface area contributed by atoms with Crippen LogP contribution in [0, 0.1) is 0 Å². The Hall–Kier alpha value is -3.54. The van der Waals surface area contributed by atoms with E-state index >= 15 is 0 Å². The summed E-state index contributed by atoms with van der Waals surface area (Å²) in [5.41, 5.74) is 3.13. The number of hydrogen-bond donors (Lipinski definition) is 2. The summed E-state index contributed by atoms with van der Waals surface area (Å²) in [7, 11) is 0. The van der Waals surface area contributed by atoms with Crippen molar-refractivity contribution >= 4 is 17.1 Å². The molecule has 0 aliphatic heterocycles. The van der Waals surface area contributed by atoms with Gasteiger partial charge in [0.15, 0.2) is 5.52 Å². The van der Waals surface area contributed by atoms with Gasteiger partial charge in [0.2, 0.25) is 5.69 Å². The Bertz CT molecular complexity index is 1010. The highest BCUT2D eigenvalue weighted by Crippen LogP contribution is 2.12. The van der Waals surface area contributed by atoms with Gasteiger partial charge < -0.3 is 5.32 Å². The number of pyridine rings is 3. The maximum absolute atomic E-state index is 12.7. The number of aromatic nitrogens is 4. The second-order valence-electron chi connectivity index (χ2n) is 5.63. The third-order valence-electron chi connectivity index (χ3n) is 3.94. The number of nitrogens with zero attached hydrogens (tertiary/aromatic N) is 3. The Kier molecular flexibility index (Phi) is 3.92. The van der Waals surface area contributed by atoms with Crippen molar-refractivity contribution in [1.29, 1.82) is 0 Å². The predicted molar refractivity (Wildman–Crippen MR) is 93.2 cm³/mol. The van der Waals surface area contributed by atoms with Crippen LogP contribution < -0.4 is 9.72 Å². The van der Waals surface area contributed by atoms with Crippen LogP contribution >= 0.6 is 0 Å². The minimum Gasteiger partial charge on any atom is -0.317 e. The molecule has 0 saturated heterocycles. The molecule has 0 aromatic carbocycles. The zero-order chi connectivity index (χ0) is 17.1. The number of nitrogens with one attached hydrogen (secondary N) is 2. The van der Waals surface area contributed by atoms with E-state index in [9.17, 15) is 4.79 Å². The number of anilines is 1. The van der Waals surface area contributed by atoms with Gasteiger partial charge in [0.25, 0.3) is 11.7 Å². The number of H-pyrrole nitrogens is 1. The summed E-state index contributed by atoms with van der Waals surface area (Å²) in [5.74, 6) is 0.732. The van der Waals surface area contributed by atoms with Crippen molar-refractivity contribution in [2.24, 2.45) is 0 Å². The zero-order valence-electron chi connectivity index (χ0n) is 13.4. The van der Waals surface area contributed by atoms with E-state index < -0.39 is 0 Å². The molecule has 4 aromatic rings. The zero-order valence-corrected chi connectivity index (χ0v) is 13.4. The predicted octanol–water partition coefficient (Wildman–Crippen LogP) is 2.39. The Labute approximate surface area is 144 Å². The molecule has 0 radical (unpaired) electrons. The van der Waals surface area contributed by atoms with E-state index in [0.717, 1.165) is 16.9 Å². The molecule has 0 saturated carbocycles. The second-order valence-corrected chi connectivity index (χ2v) is 5.63. The van der Waals surface area contributed by atoms with Crippen LogP contribution in [-0.2, 0) is 6.42 Å². The molecule has 6 nitrogen and oxygen atoms in total. The average molecular weight is 330 g/mol. The lowest BCUT2D eigenvalue weighted by Gasteiger charge is -2.00. The Balaban J connectivity index is 1.71. The highest BCUT2D eigenvalue weighted by molar-refractivity contribution is 6.06. The summed E-state index contributed by atoms with van der Waals surface area (Å²) in [6, 6.07) is 13.3. The molecule has 4 heterocycles. The van der Waals surface area contributed by atoms with Gasteiger partial charge in [-0.3, -0.25) is 14.8 Å². The molecular weight excluding hydrogens is 314 g/mol. The molecule has 0 unspecified atom stereocenters. The lowest BCUT2D eigenvalue weighted by molar-refractivity contribution is -0.520. The minimum absolute atomic E-state index is 0.197. The molecule has 0 atom stereocenters. The second kappa shape index (κ2) is 6.52. The Morgan fingerprint density at radius 1 is 1.04 bits per heavy atom. The summed E-state index contributed by atoms with van der Waals surface area (Å²) < 4.78 is 2.00. The van der Waals surface area contributed by atoms with Gasteiger partial charge in [0, 0.05) is 18.6 Å². The van der Waals surface area contributed by atoms with Crippen LogP contribution in [0.4, 0.5) is 5.69 Å². The van der Waals surface area contributed by atoms with E-state index in [0.29, 0.717) is 17.8 Å². The summed E-state index contributed by atoms with van der Waals surface area (Å²) in [5, 5.41) is 2.87. The third-order valence-corrected chi connectivity index (χ3v) is 3.94. The number of carbonyl (C=O) groups excluding carboxylic acids is 1. The van der Waals surface area contributed by atoms with Gasteiger partial charge >= 0.3 is 0 Å². The summed E-state index contributed by atoms with van der Waals surface area (Å²) >= 11 is 0. The molecule has 0 fully saturated rings. The molecule has 4 rings (SSSR count). The van der Waals surface area contributed by atoms with Crippen molar-refractivity contribution in [3.8, 4) is 0 Å². The topological polar surface area (TPSA) is 74.8 Å². The molecule has 0 bridgehead atoms. The van der Waals surface area contributed by atoms with E-state index in [-0.39, 0.29) is 5.91 Å². The first-order valence-electron chi connectivity index (χ1n) is 7.93. The first-order valence-corrected chi connectivity index (χ1v) is 7.93. The van der Waals surface area contributed by atoms with Crippen molar-refractivity contribution in [2.45, 2.75) is 6.42 Å². The molecule has 122 valence electrons. The van der Waals surface area contributed by atoms with Crippen molar-refractivity contribution < 1.29 is 9.20 Å².